The lowest BCUT2D eigenvalue weighted by Gasteiger charge is -2.15. The van der Waals surface area contributed by atoms with E-state index < -0.39 is 34.5 Å². The Bertz CT molecular complexity index is 1080. The second-order valence-electron chi connectivity index (χ2n) is 6.56. The highest BCUT2D eigenvalue weighted by Gasteiger charge is 2.36. The molecule has 0 atom stereocenters. The summed E-state index contributed by atoms with van der Waals surface area (Å²) in [6, 6.07) is 9.89. The Morgan fingerprint density at radius 1 is 1.10 bits per heavy atom. The molecule has 1 N–H and O–H groups in total. The highest BCUT2D eigenvalue weighted by molar-refractivity contribution is 9.10. The standard InChI is InChI=1S/C19H17BrN2O6S/c1-11(2)21-29(26,27)12-7-8-16(20)15(9-12)19(25)28-10-22-17(23)13-5-3-4-6-14(13)18(22)24/h3-9,11,21H,10H2,1-2H3. The normalized spacial score (nSPS) is 13.7. The van der Waals surface area contributed by atoms with E-state index >= 15 is 0 Å². The number of hydrogen-bond donors (Lipinski definition) is 1. The van der Waals surface area contributed by atoms with Gasteiger partial charge < -0.3 is 4.74 Å². The van der Waals surface area contributed by atoms with Gasteiger partial charge in [0.15, 0.2) is 6.73 Å². The van der Waals surface area contributed by atoms with Gasteiger partial charge in [0, 0.05) is 10.5 Å². The highest BCUT2D eigenvalue weighted by atomic mass is 79.9. The third-order valence-corrected chi connectivity index (χ3v) is 6.41. The van der Waals surface area contributed by atoms with Crippen LogP contribution in [-0.2, 0) is 14.8 Å². The van der Waals surface area contributed by atoms with E-state index in [1.807, 2.05) is 0 Å². The Morgan fingerprint density at radius 2 is 1.69 bits per heavy atom. The molecule has 0 radical (unpaired) electrons. The number of rotatable bonds is 6. The van der Waals surface area contributed by atoms with Crippen LogP contribution < -0.4 is 4.72 Å². The lowest BCUT2D eigenvalue weighted by atomic mass is 10.1. The molecule has 2 aromatic rings. The Balaban J connectivity index is 1.78. The number of imide groups is 1. The summed E-state index contributed by atoms with van der Waals surface area (Å²) in [6.07, 6.45) is 0. The number of nitrogens with one attached hydrogen (secondary N) is 1. The predicted molar refractivity (Wildman–Crippen MR) is 107 cm³/mol. The van der Waals surface area contributed by atoms with Crippen molar-refractivity contribution in [2.45, 2.75) is 24.8 Å². The van der Waals surface area contributed by atoms with Crippen LogP contribution in [0.1, 0.15) is 44.9 Å². The molecule has 3 rings (SSSR count). The summed E-state index contributed by atoms with van der Waals surface area (Å²) in [5.74, 6) is -2.00. The highest BCUT2D eigenvalue weighted by Crippen LogP contribution is 2.24. The molecule has 0 unspecified atom stereocenters. The number of carbonyl (C=O) groups is 3. The Morgan fingerprint density at radius 3 is 2.24 bits per heavy atom. The molecule has 1 heterocycles. The second kappa shape index (κ2) is 8.05. The fraction of sp³-hybridized carbons (Fsp3) is 0.211. The number of ether oxygens (including phenoxy) is 1. The third kappa shape index (κ3) is 4.24. The number of amides is 2. The average molecular weight is 481 g/mol. The van der Waals surface area contributed by atoms with E-state index in [9.17, 15) is 22.8 Å². The van der Waals surface area contributed by atoms with E-state index in [0.717, 1.165) is 4.90 Å². The Kier molecular flexibility index (Phi) is 5.87. The molecule has 2 aromatic carbocycles. The second-order valence-corrected chi connectivity index (χ2v) is 9.13. The number of halogens is 1. The maximum atomic E-state index is 12.5. The summed E-state index contributed by atoms with van der Waals surface area (Å²) < 4.78 is 32.5. The molecular weight excluding hydrogens is 464 g/mol. The number of esters is 1. The molecule has 0 fully saturated rings. The Hall–Kier alpha value is -2.56. The molecule has 152 valence electrons. The monoisotopic (exact) mass is 480 g/mol. The van der Waals surface area contributed by atoms with Gasteiger partial charge in [-0.15, -0.1) is 0 Å². The van der Waals surface area contributed by atoms with Crippen LogP contribution in [0.3, 0.4) is 0 Å². The molecule has 8 nitrogen and oxygen atoms in total. The van der Waals surface area contributed by atoms with Gasteiger partial charge in [-0.05, 0) is 60.1 Å². The van der Waals surface area contributed by atoms with Gasteiger partial charge in [-0.3, -0.25) is 9.59 Å². The summed E-state index contributed by atoms with van der Waals surface area (Å²) >= 11 is 3.19. The molecule has 0 bridgehead atoms. The summed E-state index contributed by atoms with van der Waals surface area (Å²) in [6.45, 7) is 2.76. The van der Waals surface area contributed by atoms with E-state index in [0.29, 0.717) is 4.47 Å². The van der Waals surface area contributed by atoms with Gasteiger partial charge in [-0.2, -0.15) is 0 Å². The van der Waals surface area contributed by atoms with E-state index in [4.69, 9.17) is 4.74 Å². The first-order valence-corrected chi connectivity index (χ1v) is 10.8. The van der Waals surface area contributed by atoms with E-state index in [2.05, 4.69) is 20.7 Å². The van der Waals surface area contributed by atoms with E-state index in [1.165, 1.54) is 30.3 Å². The number of hydrogen-bond acceptors (Lipinski definition) is 6. The van der Waals surface area contributed by atoms with Crippen LogP contribution in [0, 0.1) is 0 Å². The molecule has 1 aliphatic heterocycles. The van der Waals surface area contributed by atoms with Crippen molar-refractivity contribution in [2.75, 3.05) is 6.73 Å². The van der Waals surface area contributed by atoms with Crippen molar-refractivity contribution in [3.05, 3.63) is 63.6 Å². The van der Waals surface area contributed by atoms with Gasteiger partial charge >= 0.3 is 5.97 Å². The van der Waals surface area contributed by atoms with Crippen LogP contribution in [0.2, 0.25) is 0 Å². The van der Waals surface area contributed by atoms with Gasteiger partial charge in [0.25, 0.3) is 11.8 Å². The number of fused-ring (bicyclic) bond motifs is 1. The Labute approximate surface area is 176 Å². The van der Waals surface area contributed by atoms with Crippen LogP contribution >= 0.6 is 15.9 Å². The molecule has 29 heavy (non-hydrogen) atoms. The minimum absolute atomic E-state index is 0.0479. The fourth-order valence-electron chi connectivity index (χ4n) is 2.76. The maximum Gasteiger partial charge on any atom is 0.341 e. The van der Waals surface area contributed by atoms with Gasteiger partial charge in [0.2, 0.25) is 10.0 Å². The van der Waals surface area contributed by atoms with Crippen molar-refractivity contribution in [3.8, 4) is 0 Å². The molecular formula is C19H17BrN2O6S. The quantitative estimate of drug-likeness (QED) is 0.502. The predicted octanol–water partition coefficient (Wildman–Crippen LogP) is 2.55. The van der Waals surface area contributed by atoms with Gasteiger partial charge in [-0.1, -0.05) is 12.1 Å². The molecule has 0 aromatic heterocycles. The van der Waals surface area contributed by atoms with Crippen LogP contribution in [0.4, 0.5) is 0 Å². The first-order chi connectivity index (χ1) is 13.6. The average Bonchev–Trinajstić information content (AvgIpc) is 2.90. The lowest BCUT2D eigenvalue weighted by molar-refractivity contribution is 0.0227. The fourth-order valence-corrected chi connectivity index (χ4v) is 4.45. The van der Waals surface area contributed by atoms with Crippen LogP contribution in [0.15, 0.2) is 51.8 Å². The smallest absolute Gasteiger partial charge is 0.341 e. The van der Waals surface area contributed by atoms with Crippen molar-refractivity contribution >= 4 is 43.7 Å². The van der Waals surface area contributed by atoms with Crippen LogP contribution in [0.25, 0.3) is 0 Å². The third-order valence-electron chi connectivity index (χ3n) is 4.06. The topological polar surface area (TPSA) is 110 Å². The van der Waals surface area contributed by atoms with Gasteiger partial charge in [0.1, 0.15) is 0 Å². The largest absolute Gasteiger partial charge is 0.440 e. The summed E-state index contributed by atoms with van der Waals surface area (Å²) in [5, 5.41) is 0. The molecule has 0 aliphatic carbocycles. The van der Waals surface area contributed by atoms with Crippen LogP contribution in [-0.4, -0.2) is 43.9 Å². The molecule has 10 heteroatoms. The molecule has 0 spiro atoms. The molecule has 1 aliphatic rings. The van der Waals surface area contributed by atoms with Crippen molar-refractivity contribution in [3.63, 3.8) is 0 Å². The minimum Gasteiger partial charge on any atom is -0.440 e. The van der Waals surface area contributed by atoms with Gasteiger partial charge in [0.05, 0.1) is 21.6 Å². The number of benzene rings is 2. The number of carbonyl (C=O) groups excluding carboxylic acids is 3. The molecule has 0 saturated carbocycles. The molecule has 2 amide bonds. The van der Waals surface area contributed by atoms with Crippen molar-refractivity contribution in [1.29, 1.82) is 0 Å². The molecule has 0 saturated heterocycles. The zero-order valence-electron chi connectivity index (χ0n) is 15.5. The first kappa shape index (κ1) is 21.2. The number of nitrogens with zero attached hydrogens (tertiary/aromatic N) is 1. The van der Waals surface area contributed by atoms with E-state index in [1.54, 1.807) is 26.0 Å². The van der Waals surface area contributed by atoms with E-state index in [-0.39, 0.29) is 27.6 Å². The summed E-state index contributed by atoms with van der Waals surface area (Å²) in [4.78, 5) is 37.9. The summed E-state index contributed by atoms with van der Waals surface area (Å²) in [5.41, 5.74) is 0.429. The first-order valence-electron chi connectivity index (χ1n) is 8.56. The SMILES string of the molecule is CC(C)NS(=O)(=O)c1ccc(Br)c(C(=O)OCN2C(=O)c3ccccc3C2=O)c1. The van der Waals surface area contributed by atoms with Gasteiger partial charge in [-0.25, -0.2) is 22.8 Å². The van der Waals surface area contributed by atoms with Crippen molar-refractivity contribution in [2.24, 2.45) is 0 Å². The van der Waals surface area contributed by atoms with Crippen LogP contribution in [0.5, 0.6) is 0 Å². The zero-order chi connectivity index (χ0) is 21.3. The number of sulfonamides is 1. The zero-order valence-corrected chi connectivity index (χ0v) is 17.9. The minimum atomic E-state index is -3.81. The summed E-state index contributed by atoms with van der Waals surface area (Å²) in [7, 11) is -3.81. The van der Waals surface area contributed by atoms with Crippen molar-refractivity contribution < 1.29 is 27.5 Å². The lowest BCUT2D eigenvalue weighted by Crippen LogP contribution is -2.33. The maximum absolute atomic E-state index is 12.5. The van der Waals surface area contributed by atoms with Crippen molar-refractivity contribution in [1.82, 2.24) is 9.62 Å².